The molecule has 5 aromatic rings. The van der Waals surface area contributed by atoms with Crippen LogP contribution in [0.2, 0.25) is 0 Å². The molecule has 0 radical (unpaired) electrons. The number of aromatic nitrogens is 2. The summed E-state index contributed by atoms with van der Waals surface area (Å²) in [7, 11) is 0. The number of hydrogen-bond acceptors (Lipinski definition) is 1. The summed E-state index contributed by atoms with van der Waals surface area (Å²) in [4.78, 5) is 5.15. The Morgan fingerprint density at radius 2 is 0.971 bits per heavy atom. The van der Waals surface area contributed by atoms with Crippen molar-refractivity contribution in [2.45, 2.75) is 26.2 Å². The molecular formula is C32H29N2+. The molecule has 166 valence electrons. The number of pyridine rings is 2. The highest BCUT2D eigenvalue weighted by Crippen LogP contribution is 2.30. The second kappa shape index (κ2) is 9.07. The Morgan fingerprint density at radius 1 is 0.500 bits per heavy atom. The van der Waals surface area contributed by atoms with E-state index in [1.807, 2.05) is 0 Å². The summed E-state index contributed by atoms with van der Waals surface area (Å²) in [5.74, 6) is 0.921. The lowest BCUT2D eigenvalue weighted by atomic mass is 9.91. The molecule has 0 amide bonds. The smallest absolute Gasteiger partial charge is 0.188 e. The van der Waals surface area contributed by atoms with Gasteiger partial charge in [-0.2, -0.15) is 4.57 Å². The van der Waals surface area contributed by atoms with Crippen LogP contribution in [0.3, 0.4) is 0 Å². The van der Waals surface area contributed by atoms with E-state index in [1.165, 1.54) is 11.1 Å². The molecule has 0 atom stereocenters. The van der Waals surface area contributed by atoms with E-state index in [-0.39, 0.29) is 5.41 Å². The van der Waals surface area contributed by atoms with Gasteiger partial charge in [0.25, 0.3) is 0 Å². The fourth-order valence-corrected chi connectivity index (χ4v) is 4.25. The lowest BCUT2D eigenvalue weighted by molar-refractivity contribution is -0.576. The highest BCUT2D eigenvalue weighted by atomic mass is 15.1. The number of nitrogens with zero attached hydrogens (tertiary/aromatic N) is 2. The number of hydrogen-bond donors (Lipinski definition) is 0. The van der Waals surface area contributed by atoms with Crippen molar-refractivity contribution < 1.29 is 4.57 Å². The Labute approximate surface area is 202 Å². The molecule has 2 heteroatoms. The number of rotatable bonds is 4. The highest BCUT2D eigenvalue weighted by molar-refractivity contribution is 5.74. The molecule has 0 N–H and O–H groups in total. The number of benzene rings is 3. The van der Waals surface area contributed by atoms with Crippen LogP contribution >= 0.6 is 0 Å². The van der Waals surface area contributed by atoms with Crippen molar-refractivity contribution in [3.8, 4) is 39.5 Å². The Bertz CT molecular complexity index is 1340. The van der Waals surface area contributed by atoms with Crippen LogP contribution in [-0.2, 0) is 5.41 Å². The van der Waals surface area contributed by atoms with Crippen molar-refractivity contribution in [1.82, 2.24) is 4.98 Å². The van der Waals surface area contributed by atoms with Crippen molar-refractivity contribution >= 4 is 0 Å². The van der Waals surface area contributed by atoms with E-state index in [1.54, 1.807) is 0 Å². The van der Waals surface area contributed by atoms with Gasteiger partial charge in [-0.25, -0.2) is 0 Å². The van der Waals surface area contributed by atoms with Gasteiger partial charge in [-0.15, -0.1) is 0 Å². The average Bonchev–Trinajstić information content (AvgIpc) is 2.89. The SMILES string of the molecule is CC(C)(C)c1cccc(-[n+]2c(-c3ccccc3)cc(-c3ccccc3)cc2-c2ccccc2)n1. The quantitative estimate of drug-likeness (QED) is 0.262. The maximum Gasteiger partial charge on any atom is 0.328 e. The van der Waals surface area contributed by atoms with Crippen molar-refractivity contribution in [2.24, 2.45) is 0 Å². The third-order valence-corrected chi connectivity index (χ3v) is 6.04. The molecule has 2 heterocycles. The van der Waals surface area contributed by atoms with Gasteiger partial charge < -0.3 is 0 Å². The molecule has 3 aromatic carbocycles. The zero-order chi connectivity index (χ0) is 23.5. The molecular weight excluding hydrogens is 412 g/mol. The Kier molecular flexibility index (Phi) is 5.81. The minimum atomic E-state index is -0.0413. The third-order valence-electron chi connectivity index (χ3n) is 6.04. The second-order valence-corrected chi connectivity index (χ2v) is 9.58. The van der Waals surface area contributed by atoms with Crippen LogP contribution in [0.4, 0.5) is 0 Å². The van der Waals surface area contributed by atoms with Gasteiger partial charge in [0, 0.05) is 22.6 Å². The van der Waals surface area contributed by atoms with Crippen molar-refractivity contribution in [2.75, 3.05) is 0 Å². The minimum Gasteiger partial charge on any atom is -0.188 e. The van der Waals surface area contributed by atoms with Crippen molar-refractivity contribution in [3.05, 3.63) is 127 Å². The fraction of sp³-hybridized carbons (Fsp3) is 0.125. The van der Waals surface area contributed by atoms with Crippen LogP contribution in [0.1, 0.15) is 26.5 Å². The molecule has 0 unspecified atom stereocenters. The molecule has 0 aliphatic rings. The standard InChI is InChI=1S/C32H29N2/c1-32(2,3)30-20-13-21-31(33-30)34-28(25-16-9-5-10-17-25)22-27(24-14-7-4-8-15-24)23-29(34)26-18-11-6-12-19-26/h4-23H,1-3H3/q+1. The van der Waals surface area contributed by atoms with Crippen LogP contribution in [-0.4, -0.2) is 4.98 Å². The van der Waals surface area contributed by atoms with Gasteiger partial charge in [-0.3, -0.25) is 0 Å². The lowest BCUT2D eigenvalue weighted by Gasteiger charge is -2.17. The lowest BCUT2D eigenvalue weighted by Crippen LogP contribution is -2.38. The molecule has 0 saturated carbocycles. The molecule has 0 aliphatic carbocycles. The monoisotopic (exact) mass is 441 g/mol. The van der Waals surface area contributed by atoms with Crippen LogP contribution in [0, 0.1) is 0 Å². The first-order valence-corrected chi connectivity index (χ1v) is 11.7. The molecule has 0 bridgehead atoms. The van der Waals surface area contributed by atoms with Gasteiger partial charge >= 0.3 is 5.82 Å². The van der Waals surface area contributed by atoms with Crippen molar-refractivity contribution in [1.29, 1.82) is 0 Å². The third kappa shape index (κ3) is 4.40. The van der Waals surface area contributed by atoms with Gasteiger partial charge in [-0.1, -0.05) is 112 Å². The molecule has 0 saturated heterocycles. The highest BCUT2D eigenvalue weighted by Gasteiger charge is 2.26. The van der Waals surface area contributed by atoms with Gasteiger partial charge in [-0.05, 0) is 40.4 Å². The van der Waals surface area contributed by atoms with Crippen LogP contribution in [0.25, 0.3) is 39.5 Å². The normalized spacial score (nSPS) is 11.4. The predicted octanol–water partition coefficient (Wildman–Crippen LogP) is 7.66. The van der Waals surface area contributed by atoms with E-state index in [0.717, 1.165) is 34.0 Å². The molecule has 34 heavy (non-hydrogen) atoms. The molecule has 0 fully saturated rings. The molecule has 2 nitrogen and oxygen atoms in total. The van der Waals surface area contributed by atoms with Crippen molar-refractivity contribution in [3.63, 3.8) is 0 Å². The summed E-state index contributed by atoms with van der Waals surface area (Å²) in [5, 5.41) is 0. The Morgan fingerprint density at radius 3 is 1.44 bits per heavy atom. The van der Waals surface area contributed by atoms with E-state index in [4.69, 9.17) is 4.98 Å². The minimum absolute atomic E-state index is 0.0413. The molecule has 5 rings (SSSR count). The molecule has 0 aliphatic heterocycles. The van der Waals surface area contributed by atoms with Crippen LogP contribution < -0.4 is 4.57 Å². The second-order valence-electron chi connectivity index (χ2n) is 9.58. The average molecular weight is 442 g/mol. The fourth-order valence-electron chi connectivity index (χ4n) is 4.25. The Hall–Kier alpha value is -4.04. The summed E-state index contributed by atoms with van der Waals surface area (Å²) in [6.45, 7) is 6.62. The molecule has 2 aromatic heterocycles. The summed E-state index contributed by atoms with van der Waals surface area (Å²) in [5.41, 5.74) is 7.93. The van der Waals surface area contributed by atoms with E-state index in [2.05, 4.69) is 147 Å². The predicted molar refractivity (Wildman–Crippen MR) is 141 cm³/mol. The summed E-state index contributed by atoms with van der Waals surface area (Å²) in [6, 6.07) is 42.7. The Balaban J connectivity index is 1.87. The van der Waals surface area contributed by atoms with Crippen LogP contribution in [0.5, 0.6) is 0 Å². The topological polar surface area (TPSA) is 16.8 Å². The van der Waals surface area contributed by atoms with Gasteiger partial charge in [0.2, 0.25) is 0 Å². The summed E-state index contributed by atoms with van der Waals surface area (Å²) in [6.07, 6.45) is 0. The van der Waals surface area contributed by atoms with Gasteiger partial charge in [0.05, 0.1) is 0 Å². The zero-order valence-electron chi connectivity index (χ0n) is 19.9. The molecule has 0 spiro atoms. The first-order valence-electron chi connectivity index (χ1n) is 11.7. The first-order chi connectivity index (χ1) is 16.5. The van der Waals surface area contributed by atoms with Gasteiger partial charge in [0.15, 0.2) is 5.69 Å². The summed E-state index contributed by atoms with van der Waals surface area (Å²) < 4.78 is 2.30. The van der Waals surface area contributed by atoms with E-state index >= 15 is 0 Å². The summed E-state index contributed by atoms with van der Waals surface area (Å²) >= 11 is 0. The maximum absolute atomic E-state index is 5.15. The first kappa shape index (κ1) is 21.8. The van der Waals surface area contributed by atoms with E-state index in [0.29, 0.717) is 0 Å². The van der Waals surface area contributed by atoms with Gasteiger partial charge in [0.1, 0.15) is 11.4 Å². The zero-order valence-corrected chi connectivity index (χ0v) is 19.9. The van der Waals surface area contributed by atoms with E-state index < -0.39 is 0 Å². The maximum atomic E-state index is 5.15. The largest absolute Gasteiger partial charge is 0.328 e. The van der Waals surface area contributed by atoms with E-state index in [9.17, 15) is 0 Å². The van der Waals surface area contributed by atoms with Crippen LogP contribution in [0.15, 0.2) is 121 Å².